The van der Waals surface area contributed by atoms with Crippen molar-refractivity contribution in [3.05, 3.63) is 24.0 Å². The van der Waals surface area contributed by atoms with Crippen LogP contribution in [0.5, 0.6) is 5.75 Å². The Balaban J connectivity index is 2.86. The minimum absolute atomic E-state index is 0.0288. The van der Waals surface area contributed by atoms with Crippen molar-refractivity contribution < 1.29 is 17.9 Å². The number of rotatable bonds is 2. The molecule has 0 saturated carbocycles. The molecule has 3 nitrogen and oxygen atoms in total. The third kappa shape index (κ3) is 2.84. The summed E-state index contributed by atoms with van der Waals surface area (Å²) >= 11 is 0. The van der Waals surface area contributed by atoms with Crippen molar-refractivity contribution in [1.29, 1.82) is 5.26 Å². The zero-order chi connectivity index (χ0) is 11.5. The fraction of sp³-hybridized carbons (Fsp3) is 0.333. The topological polar surface area (TPSA) is 45.9 Å². The number of pyridine rings is 1. The van der Waals surface area contributed by atoms with Crippen LogP contribution in [0.25, 0.3) is 0 Å². The summed E-state index contributed by atoms with van der Waals surface area (Å²) in [6.07, 6.45) is -4.03. The number of alkyl halides is 3. The van der Waals surface area contributed by atoms with E-state index in [0.717, 1.165) is 13.1 Å². The SMILES string of the molecule is CC(Oc1cnccc1C#N)C(F)(F)F. The van der Waals surface area contributed by atoms with Crippen LogP contribution in [0.15, 0.2) is 18.5 Å². The summed E-state index contributed by atoms with van der Waals surface area (Å²) in [6, 6.07) is 3.01. The highest BCUT2D eigenvalue weighted by atomic mass is 19.4. The van der Waals surface area contributed by atoms with Crippen LogP contribution in [0.3, 0.4) is 0 Å². The summed E-state index contributed by atoms with van der Waals surface area (Å²) in [6.45, 7) is 0.869. The minimum atomic E-state index is -4.46. The van der Waals surface area contributed by atoms with Gasteiger partial charge in [0.05, 0.1) is 11.8 Å². The van der Waals surface area contributed by atoms with Gasteiger partial charge in [0.15, 0.2) is 11.9 Å². The van der Waals surface area contributed by atoms with Crippen LogP contribution in [-0.4, -0.2) is 17.3 Å². The summed E-state index contributed by atoms with van der Waals surface area (Å²) in [5.74, 6) is -0.162. The van der Waals surface area contributed by atoms with E-state index in [1.54, 1.807) is 6.07 Å². The first-order valence-corrected chi connectivity index (χ1v) is 4.02. The molecule has 1 atom stereocenters. The Labute approximate surface area is 84.1 Å². The van der Waals surface area contributed by atoms with Gasteiger partial charge in [-0.1, -0.05) is 0 Å². The smallest absolute Gasteiger partial charge is 0.425 e. The first kappa shape index (κ1) is 11.3. The molecule has 1 heterocycles. The molecule has 0 saturated heterocycles. The molecule has 0 bridgehead atoms. The van der Waals surface area contributed by atoms with Crippen LogP contribution in [-0.2, 0) is 0 Å². The van der Waals surface area contributed by atoms with E-state index in [1.165, 1.54) is 12.3 Å². The Bertz CT molecular complexity index is 384. The zero-order valence-electron chi connectivity index (χ0n) is 7.75. The average molecular weight is 216 g/mol. The molecule has 0 aliphatic carbocycles. The summed E-state index contributed by atoms with van der Waals surface area (Å²) < 4.78 is 41.0. The summed E-state index contributed by atoms with van der Waals surface area (Å²) in [4.78, 5) is 3.58. The second-order valence-electron chi connectivity index (χ2n) is 2.79. The number of halogens is 3. The molecule has 0 aliphatic rings. The zero-order valence-corrected chi connectivity index (χ0v) is 7.75. The molecular weight excluding hydrogens is 209 g/mol. The second-order valence-corrected chi connectivity index (χ2v) is 2.79. The quantitative estimate of drug-likeness (QED) is 0.761. The largest absolute Gasteiger partial charge is 0.478 e. The number of nitriles is 1. The van der Waals surface area contributed by atoms with E-state index in [9.17, 15) is 13.2 Å². The molecular formula is C9H7F3N2O. The number of nitrogens with zero attached hydrogens (tertiary/aromatic N) is 2. The molecule has 0 spiro atoms. The lowest BCUT2D eigenvalue weighted by Gasteiger charge is -2.17. The number of hydrogen-bond acceptors (Lipinski definition) is 3. The van der Waals surface area contributed by atoms with E-state index in [2.05, 4.69) is 9.72 Å². The van der Waals surface area contributed by atoms with E-state index < -0.39 is 12.3 Å². The van der Waals surface area contributed by atoms with Gasteiger partial charge in [0.2, 0.25) is 0 Å². The lowest BCUT2D eigenvalue weighted by Crippen LogP contribution is -2.31. The van der Waals surface area contributed by atoms with Gasteiger partial charge in [-0.15, -0.1) is 0 Å². The summed E-state index contributed by atoms with van der Waals surface area (Å²) in [7, 11) is 0. The van der Waals surface area contributed by atoms with E-state index >= 15 is 0 Å². The molecule has 0 aromatic carbocycles. The fourth-order valence-corrected chi connectivity index (χ4v) is 0.824. The van der Waals surface area contributed by atoms with E-state index in [-0.39, 0.29) is 11.3 Å². The lowest BCUT2D eigenvalue weighted by molar-refractivity contribution is -0.189. The molecule has 6 heteroatoms. The predicted octanol–water partition coefficient (Wildman–Crippen LogP) is 2.28. The first-order chi connectivity index (χ1) is 6.95. The maximum atomic E-state index is 12.1. The molecule has 15 heavy (non-hydrogen) atoms. The van der Waals surface area contributed by atoms with Crippen molar-refractivity contribution in [2.75, 3.05) is 0 Å². The average Bonchev–Trinajstić information content (AvgIpc) is 2.17. The maximum absolute atomic E-state index is 12.1. The molecule has 0 aliphatic heterocycles. The third-order valence-electron chi connectivity index (χ3n) is 1.67. The van der Waals surface area contributed by atoms with Gasteiger partial charge in [-0.05, 0) is 13.0 Å². The van der Waals surface area contributed by atoms with Gasteiger partial charge in [0.25, 0.3) is 0 Å². The third-order valence-corrected chi connectivity index (χ3v) is 1.67. The highest BCUT2D eigenvalue weighted by Gasteiger charge is 2.38. The van der Waals surface area contributed by atoms with Crippen LogP contribution in [0.4, 0.5) is 13.2 Å². The molecule has 1 aromatic heterocycles. The van der Waals surface area contributed by atoms with Crippen molar-refractivity contribution in [1.82, 2.24) is 4.98 Å². The highest BCUT2D eigenvalue weighted by Crippen LogP contribution is 2.26. The van der Waals surface area contributed by atoms with Crippen molar-refractivity contribution in [2.24, 2.45) is 0 Å². The molecule has 0 amide bonds. The van der Waals surface area contributed by atoms with E-state index in [0.29, 0.717) is 0 Å². The summed E-state index contributed by atoms with van der Waals surface area (Å²) in [5.41, 5.74) is 0.0288. The van der Waals surface area contributed by atoms with Gasteiger partial charge in [-0.3, -0.25) is 4.98 Å². The Morgan fingerprint density at radius 2 is 2.20 bits per heavy atom. The highest BCUT2D eigenvalue weighted by molar-refractivity contribution is 5.40. The standard InChI is InChI=1S/C9H7F3N2O/c1-6(9(10,11)12)15-8-5-14-3-2-7(8)4-13/h2-3,5-6H,1H3. The van der Waals surface area contributed by atoms with Crippen LogP contribution < -0.4 is 4.74 Å². The molecule has 1 aromatic rings. The monoisotopic (exact) mass is 216 g/mol. The fourth-order valence-electron chi connectivity index (χ4n) is 0.824. The molecule has 80 valence electrons. The Kier molecular flexibility index (Phi) is 3.14. The van der Waals surface area contributed by atoms with Gasteiger partial charge in [0, 0.05) is 6.20 Å². The van der Waals surface area contributed by atoms with Crippen molar-refractivity contribution in [3.63, 3.8) is 0 Å². The Morgan fingerprint density at radius 3 is 2.73 bits per heavy atom. The predicted molar refractivity (Wildman–Crippen MR) is 45.1 cm³/mol. The van der Waals surface area contributed by atoms with Gasteiger partial charge >= 0.3 is 6.18 Å². The van der Waals surface area contributed by atoms with Crippen LogP contribution in [0.2, 0.25) is 0 Å². The number of ether oxygens (including phenoxy) is 1. The van der Waals surface area contributed by atoms with Crippen LogP contribution >= 0.6 is 0 Å². The molecule has 0 fully saturated rings. The van der Waals surface area contributed by atoms with E-state index in [4.69, 9.17) is 5.26 Å². The maximum Gasteiger partial charge on any atom is 0.425 e. The van der Waals surface area contributed by atoms with Crippen molar-refractivity contribution in [3.8, 4) is 11.8 Å². The molecule has 1 rings (SSSR count). The second kappa shape index (κ2) is 4.17. The Morgan fingerprint density at radius 1 is 1.53 bits per heavy atom. The first-order valence-electron chi connectivity index (χ1n) is 4.02. The molecule has 0 N–H and O–H groups in total. The van der Waals surface area contributed by atoms with Crippen LogP contribution in [0.1, 0.15) is 12.5 Å². The normalized spacial score (nSPS) is 13.0. The van der Waals surface area contributed by atoms with Crippen molar-refractivity contribution >= 4 is 0 Å². The minimum Gasteiger partial charge on any atom is -0.478 e. The lowest BCUT2D eigenvalue weighted by atomic mass is 10.2. The number of aromatic nitrogens is 1. The van der Waals surface area contributed by atoms with E-state index in [1.807, 2.05) is 0 Å². The van der Waals surface area contributed by atoms with Crippen LogP contribution in [0, 0.1) is 11.3 Å². The van der Waals surface area contributed by atoms with Gasteiger partial charge in [-0.2, -0.15) is 18.4 Å². The molecule has 1 unspecified atom stereocenters. The van der Waals surface area contributed by atoms with Gasteiger partial charge < -0.3 is 4.74 Å². The summed E-state index contributed by atoms with van der Waals surface area (Å²) in [5, 5.41) is 8.60. The van der Waals surface area contributed by atoms with Gasteiger partial charge in [-0.25, -0.2) is 0 Å². The number of hydrogen-bond donors (Lipinski definition) is 0. The van der Waals surface area contributed by atoms with Crippen molar-refractivity contribution in [2.45, 2.75) is 19.2 Å². The molecule has 0 radical (unpaired) electrons. The van der Waals surface area contributed by atoms with Gasteiger partial charge in [0.1, 0.15) is 6.07 Å². The Hall–Kier alpha value is -1.77.